The number of carbonyl (C=O) groups is 2. The third-order valence-electron chi connectivity index (χ3n) is 4.43. The molecule has 0 aromatic heterocycles. The van der Waals surface area contributed by atoms with Gasteiger partial charge in [-0.05, 0) is 42.8 Å². The van der Waals surface area contributed by atoms with Crippen LogP contribution in [0.3, 0.4) is 0 Å². The molecule has 0 spiro atoms. The van der Waals surface area contributed by atoms with Gasteiger partial charge in [0, 0.05) is 22.9 Å². The van der Waals surface area contributed by atoms with Crippen LogP contribution in [0.5, 0.6) is 5.75 Å². The van der Waals surface area contributed by atoms with Gasteiger partial charge in [-0.1, -0.05) is 24.3 Å². The Hall–Kier alpha value is -4.20. The molecule has 0 aliphatic carbocycles. The first-order valence-electron chi connectivity index (χ1n) is 9.00. The molecule has 0 aliphatic heterocycles. The molecule has 0 heterocycles. The van der Waals surface area contributed by atoms with Crippen molar-refractivity contribution in [3.05, 3.63) is 93.5 Å². The second-order valence-corrected chi connectivity index (χ2v) is 6.45. The van der Waals surface area contributed by atoms with Crippen molar-refractivity contribution in [1.82, 2.24) is 0 Å². The van der Waals surface area contributed by atoms with E-state index in [2.05, 4.69) is 10.6 Å². The van der Waals surface area contributed by atoms with Crippen LogP contribution in [0.15, 0.2) is 66.7 Å². The molecule has 0 saturated carbocycles. The van der Waals surface area contributed by atoms with Gasteiger partial charge in [-0.2, -0.15) is 0 Å². The maximum absolute atomic E-state index is 12.7. The van der Waals surface area contributed by atoms with E-state index in [-0.39, 0.29) is 17.3 Å². The first-order valence-corrected chi connectivity index (χ1v) is 9.00. The number of aryl methyl sites for hydroxylation is 1. The van der Waals surface area contributed by atoms with Crippen molar-refractivity contribution in [2.45, 2.75) is 6.92 Å². The van der Waals surface area contributed by atoms with E-state index in [1.54, 1.807) is 42.5 Å². The number of nitrogens with zero attached hydrogens (tertiary/aromatic N) is 1. The van der Waals surface area contributed by atoms with Gasteiger partial charge >= 0.3 is 0 Å². The Morgan fingerprint density at radius 2 is 1.53 bits per heavy atom. The number of nitro groups is 1. The molecule has 152 valence electrons. The highest BCUT2D eigenvalue weighted by Crippen LogP contribution is 2.29. The van der Waals surface area contributed by atoms with Gasteiger partial charge in [-0.15, -0.1) is 0 Å². The van der Waals surface area contributed by atoms with Crippen LogP contribution < -0.4 is 15.4 Å². The van der Waals surface area contributed by atoms with Crippen LogP contribution >= 0.6 is 0 Å². The molecule has 0 aliphatic rings. The number of nitrogens with one attached hydrogen (secondary N) is 2. The molecule has 0 bridgehead atoms. The van der Waals surface area contributed by atoms with Crippen molar-refractivity contribution < 1.29 is 19.2 Å². The predicted octanol–water partition coefficient (Wildman–Crippen LogP) is 4.42. The number of anilines is 2. The van der Waals surface area contributed by atoms with E-state index in [0.29, 0.717) is 22.5 Å². The van der Waals surface area contributed by atoms with E-state index in [0.717, 1.165) is 5.56 Å². The molecule has 0 fully saturated rings. The van der Waals surface area contributed by atoms with Crippen LogP contribution in [-0.4, -0.2) is 23.8 Å². The first-order chi connectivity index (χ1) is 14.4. The van der Waals surface area contributed by atoms with Gasteiger partial charge in [0.2, 0.25) is 0 Å². The summed E-state index contributed by atoms with van der Waals surface area (Å²) in [4.78, 5) is 35.5. The number of carbonyl (C=O) groups excluding carboxylic acids is 2. The minimum atomic E-state index is -0.546. The molecule has 30 heavy (non-hydrogen) atoms. The van der Waals surface area contributed by atoms with Crippen LogP contribution in [0, 0.1) is 17.0 Å². The number of methoxy groups -OCH3 is 1. The molecule has 0 radical (unpaired) electrons. The highest BCUT2D eigenvalue weighted by atomic mass is 16.6. The Balaban J connectivity index is 1.81. The fraction of sp³-hybridized carbons (Fsp3) is 0.0909. The molecule has 3 rings (SSSR count). The summed E-state index contributed by atoms with van der Waals surface area (Å²) in [6.07, 6.45) is 0. The number of benzene rings is 3. The van der Waals surface area contributed by atoms with Crippen molar-refractivity contribution >= 4 is 28.9 Å². The fourth-order valence-electron chi connectivity index (χ4n) is 2.77. The summed E-state index contributed by atoms with van der Waals surface area (Å²) >= 11 is 0. The Morgan fingerprint density at radius 3 is 2.20 bits per heavy atom. The van der Waals surface area contributed by atoms with Crippen molar-refractivity contribution in [2.24, 2.45) is 0 Å². The average Bonchev–Trinajstić information content (AvgIpc) is 2.75. The second kappa shape index (κ2) is 8.87. The fourth-order valence-corrected chi connectivity index (χ4v) is 2.77. The zero-order valence-corrected chi connectivity index (χ0v) is 16.3. The number of hydrogen-bond acceptors (Lipinski definition) is 5. The van der Waals surface area contributed by atoms with Gasteiger partial charge in [-0.3, -0.25) is 19.7 Å². The summed E-state index contributed by atoms with van der Waals surface area (Å²) in [5.74, 6) is -0.562. The molecule has 2 N–H and O–H groups in total. The van der Waals surface area contributed by atoms with E-state index in [4.69, 9.17) is 4.74 Å². The lowest BCUT2D eigenvalue weighted by Gasteiger charge is -2.13. The third kappa shape index (κ3) is 4.61. The number of ether oxygens (including phenoxy) is 1. The molecule has 0 atom stereocenters. The minimum absolute atomic E-state index is 0.147. The van der Waals surface area contributed by atoms with Gasteiger partial charge in [-0.25, -0.2) is 0 Å². The van der Waals surface area contributed by atoms with Gasteiger partial charge < -0.3 is 15.4 Å². The van der Waals surface area contributed by atoms with Gasteiger partial charge in [0.1, 0.15) is 5.75 Å². The molecule has 2 amide bonds. The minimum Gasteiger partial charge on any atom is -0.494 e. The molecule has 0 unspecified atom stereocenters. The number of nitro benzene ring substituents is 1. The number of rotatable bonds is 6. The van der Waals surface area contributed by atoms with Crippen LogP contribution in [0.25, 0.3) is 0 Å². The van der Waals surface area contributed by atoms with Crippen LogP contribution in [0.4, 0.5) is 17.1 Å². The molecule has 8 nitrogen and oxygen atoms in total. The molecule has 8 heteroatoms. The topological polar surface area (TPSA) is 111 Å². The first kappa shape index (κ1) is 20.5. The lowest BCUT2D eigenvalue weighted by molar-refractivity contribution is -0.384. The quantitative estimate of drug-likeness (QED) is 0.466. The number of hydrogen-bond donors (Lipinski definition) is 2. The SMILES string of the molecule is COc1cc([N+](=O)[O-])ccc1NC(=O)c1ccc(C)c(NC(=O)c2ccccc2)c1. The van der Waals surface area contributed by atoms with Crippen LogP contribution in [0.1, 0.15) is 26.3 Å². The van der Waals surface area contributed by atoms with Gasteiger partial charge in [0.15, 0.2) is 0 Å². The Bertz CT molecular complexity index is 1110. The van der Waals surface area contributed by atoms with Crippen molar-refractivity contribution in [3.63, 3.8) is 0 Å². The summed E-state index contributed by atoms with van der Waals surface area (Å²) < 4.78 is 5.14. The highest BCUT2D eigenvalue weighted by Gasteiger charge is 2.16. The maximum atomic E-state index is 12.7. The normalized spacial score (nSPS) is 10.2. The van der Waals surface area contributed by atoms with Crippen molar-refractivity contribution in [2.75, 3.05) is 17.7 Å². The molecule has 3 aromatic rings. The van der Waals surface area contributed by atoms with Crippen LogP contribution in [0.2, 0.25) is 0 Å². The Morgan fingerprint density at radius 1 is 0.867 bits per heavy atom. The number of amides is 2. The second-order valence-electron chi connectivity index (χ2n) is 6.45. The number of non-ortho nitro benzene ring substituents is 1. The lowest BCUT2D eigenvalue weighted by atomic mass is 10.1. The van der Waals surface area contributed by atoms with E-state index in [9.17, 15) is 19.7 Å². The summed E-state index contributed by atoms with van der Waals surface area (Å²) in [5.41, 5.74) is 2.26. The Kier molecular flexibility index (Phi) is 6.07. The highest BCUT2D eigenvalue weighted by molar-refractivity contribution is 6.08. The molecule has 3 aromatic carbocycles. The summed E-state index contributed by atoms with van der Waals surface area (Å²) in [6, 6.07) is 17.6. The predicted molar refractivity (Wildman–Crippen MR) is 113 cm³/mol. The van der Waals surface area contributed by atoms with Crippen molar-refractivity contribution in [1.29, 1.82) is 0 Å². The monoisotopic (exact) mass is 405 g/mol. The van der Waals surface area contributed by atoms with E-state index in [1.807, 2.05) is 13.0 Å². The summed E-state index contributed by atoms with van der Waals surface area (Å²) in [5, 5.41) is 16.4. The molecule has 0 saturated heterocycles. The largest absolute Gasteiger partial charge is 0.494 e. The van der Waals surface area contributed by atoms with Gasteiger partial charge in [0.25, 0.3) is 17.5 Å². The maximum Gasteiger partial charge on any atom is 0.273 e. The summed E-state index contributed by atoms with van der Waals surface area (Å²) in [6.45, 7) is 1.82. The van der Waals surface area contributed by atoms with E-state index < -0.39 is 10.8 Å². The van der Waals surface area contributed by atoms with Gasteiger partial charge in [0.05, 0.1) is 23.8 Å². The van der Waals surface area contributed by atoms with E-state index in [1.165, 1.54) is 25.3 Å². The smallest absolute Gasteiger partial charge is 0.273 e. The molecular formula is C22H19N3O5. The van der Waals surface area contributed by atoms with Crippen LogP contribution in [-0.2, 0) is 0 Å². The standard InChI is InChI=1S/C22H19N3O5/c1-14-8-9-16(12-19(14)24-21(26)15-6-4-3-5-7-15)22(27)23-18-11-10-17(25(28)29)13-20(18)30-2/h3-13H,1-2H3,(H,23,27)(H,24,26). The third-order valence-corrected chi connectivity index (χ3v) is 4.43. The van der Waals surface area contributed by atoms with Crippen molar-refractivity contribution in [3.8, 4) is 5.75 Å². The Labute approximate surface area is 172 Å². The average molecular weight is 405 g/mol. The summed E-state index contributed by atoms with van der Waals surface area (Å²) in [7, 11) is 1.36. The molecular weight excluding hydrogens is 386 g/mol. The lowest BCUT2D eigenvalue weighted by Crippen LogP contribution is -2.16. The zero-order valence-electron chi connectivity index (χ0n) is 16.3. The zero-order chi connectivity index (χ0) is 21.7. The van der Waals surface area contributed by atoms with E-state index >= 15 is 0 Å².